The monoisotopic (exact) mass is 355 g/mol. The lowest BCUT2D eigenvalue weighted by atomic mass is 10.0. The molecular formula is C22H29NO3. The highest BCUT2D eigenvalue weighted by Crippen LogP contribution is 2.26. The third-order valence-corrected chi connectivity index (χ3v) is 4.08. The van der Waals surface area contributed by atoms with Crippen molar-refractivity contribution >= 4 is 5.91 Å². The number of rotatable bonds is 8. The number of hydrogen-bond acceptors (Lipinski definition) is 3. The summed E-state index contributed by atoms with van der Waals surface area (Å²) in [6.07, 6.45) is -0.559. The first-order chi connectivity index (χ1) is 12.4. The molecule has 4 nitrogen and oxygen atoms in total. The average Bonchev–Trinajstić information content (AvgIpc) is 2.58. The fraction of sp³-hybridized carbons (Fsp3) is 0.409. The average molecular weight is 355 g/mol. The Bertz CT molecular complexity index is 720. The summed E-state index contributed by atoms with van der Waals surface area (Å²) in [5, 5.41) is 2.86. The van der Waals surface area contributed by atoms with Crippen LogP contribution in [-0.4, -0.2) is 25.2 Å². The molecule has 0 saturated carbocycles. The van der Waals surface area contributed by atoms with E-state index in [4.69, 9.17) is 9.47 Å². The smallest absolute Gasteiger partial charge is 0.260 e. The summed E-state index contributed by atoms with van der Waals surface area (Å²) in [4.78, 5) is 12.3. The van der Waals surface area contributed by atoms with Gasteiger partial charge in [-0.05, 0) is 61.6 Å². The predicted octanol–water partition coefficient (Wildman–Crippen LogP) is 4.39. The van der Waals surface area contributed by atoms with Gasteiger partial charge in [0.2, 0.25) is 0 Å². The molecule has 0 bridgehead atoms. The molecule has 1 unspecified atom stereocenters. The van der Waals surface area contributed by atoms with E-state index >= 15 is 0 Å². The minimum Gasteiger partial charge on any atom is -0.492 e. The number of hydrogen-bond donors (Lipinski definition) is 1. The van der Waals surface area contributed by atoms with Crippen LogP contribution in [0.1, 0.15) is 43.4 Å². The molecular weight excluding hydrogens is 326 g/mol. The van der Waals surface area contributed by atoms with Gasteiger partial charge in [0.15, 0.2) is 6.10 Å². The second-order valence-corrected chi connectivity index (χ2v) is 6.92. The van der Waals surface area contributed by atoms with Crippen LogP contribution >= 0.6 is 0 Å². The first-order valence-electron chi connectivity index (χ1n) is 9.11. The van der Waals surface area contributed by atoms with E-state index in [2.05, 4.69) is 25.2 Å². The lowest BCUT2D eigenvalue weighted by Crippen LogP contribution is -2.38. The molecule has 2 aromatic carbocycles. The van der Waals surface area contributed by atoms with E-state index in [1.165, 1.54) is 0 Å². The number of benzene rings is 2. The number of para-hydroxylation sites is 1. The van der Waals surface area contributed by atoms with Crippen LogP contribution in [0, 0.1) is 13.8 Å². The summed E-state index contributed by atoms with van der Waals surface area (Å²) in [5.41, 5.74) is 3.43. The molecule has 0 radical (unpaired) electrons. The van der Waals surface area contributed by atoms with E-state index < -0.39 is 6.10 Å². The zero-order chi connectivity index (χ0) is 19.1. The zero-order valence-electron chi connectivity index (χ0n) is 16.3. The Balaban J connectivity index is 1.80. The molecule has 0 saturated heterocycles. The van der Waals surface area contributed by atoms with E-state index in [1.807, 2.05) is 50.2 Å². The molecule has 2 aromatic rings. The van der Waals surface area contributed by atoms with Crippen molar-refractivity contribution in [2.24, 2.45) is 0 Å². The largest absolute Gasteiger partial charge is 0.492 e. The number of aryl methyl sites for hydroxylation is 2. The summed E-state index contributed by atoms with van der Waals surface area (Å²) in [7, 11) is 0. The third kappa shape index (κ3) is 5.80. The first-order valence-corrected chi connectivity index (χ1v) is 9.11. The number of carbonyl (C=O) groups excluding carboxylic acids is 1. The van der Waals surface area contributed by atoms with Crippen molar-refractivity contribution in [1.29, 1.82) is 0 Å². The summed E-state index contributed by atoms with van der Waals surface area (Å²) in [5.74, 6) is 1.78. The molecule has 26 heavy (non-hydrogen) atoms. The Morgan fingerprint density at radius 1 is 1.04 bits per heavy atom. The van der Waals surface area contributed by atoms with Crippen LogP contribution in [-0.2, 0) is 4.79 Å². The maximum atomic E-state index is 12.3. The van der Waals surface area contributed by atoms with Gasteiger partial charge in [0.25, 0.3) is 5.91 Å². The van der Waals surface area contributed by atoms with Crippen LogP contribution in [0.25, 0.3) is 0 Å². The summed E-state index contributed by atoms with van der Waals surface area (Å²) in [6, 6.07) is 13.9. The fourth-order valence-electron chi connectivity index (χ4n) is 2.81. The third-order valence-electron chi connectivity index (χ3n) is 4.08. The van der Waals surface area contributed by atoms with Gasteiger partial charge < -0.3 is 14.8 Å². The molecule has 0 aliphatic heterocycles. The van der Waals surface area contributed by atoms with Crippen molar-refractivity contribution in [3.05, 3.63) is 59.2 Å². The highest BCUT2D eigenvalue weighted by molar-refractivity contribution is 5.80. The highest BCUT2D eigenvalue weighted by atomic mass is 16.5. The quantitative estimate of drug-likeness (QED) is 0.715. The van der Waals surface area contributed by atoms with Crippen LogP contribution in [0.2, 0.25) is 0 Å². The Kier molecular flexibility index (Phi) is 7.07. The number of nitrogens with one attached hydrogen (secondary N) is 1. The van der Waals surface area contributed by atoms with Gasteiger partial charge >= 0.3 is 0 Å². The Morgan fingerprint density at radius 2 is 1.69 bits per heavy atom. The van der Waals surface area contributed by atoms with Crippen LogP contribution in [0.5, 0.6) is 11.5 Å². The van der Waals surface area contributed by atoms with Crippen LogP contribution in [0.15, 0.2) is 42.5 Å². The molecule has 0 aromatic heterocycles. The van der Waals surface area contributed by atoms with Gasteiger partial charge in [-0.15, -0.1) is 0 Å². The molecule has 2 rings (SSSR count). The van der Waals surface area contributed by atoms with Crippen LogP contribution in [0.4, 0.5) is 0 Å². The van der Waals surface area contributed by atoms with Gasteiger partial charge in [-0.25, -0.2) is 0 Å². The molecule has 140 valence electrons. The molecule has 0 fully saturated rings. The normalized spacial score (nSPS) is 11.9. The minimum absolute atomic E-state index is 0.146. The Morgan fingerprint density at radius 3 is 2.35 bits per heavy atom. The lowest BCUT2D eigenvalue weighted by molar-refractivity contribution is -0.127. The van der Waals surface area contributed by atoms with Crippen molar-refractivity contribution in [1.82, 2.24) is 5.32 Å². The van der Waals surface area contributed by atoms with Gasteiger partial charge in [0, 0.05) is 0 Å². The SMILES string of the molecule is Cc1cc(C)cc(OCCNC(=O)C(C)Oc2ccccc2C(C)C)c1. The minimum atomic E-state index is -0.559. The van der Waals surface area contributed by atoms with E-state index in [9.17, 15) is 4.79 Å². The van der Waals surface area contributed by atoms with Crippen molar-refractivity contribution in [2.45, 2.75) is 46.6 Å². The molecule has 0 spiro atoms. The van der Waals surface area contributed by atoms with Gasteiger partial charge in [-0.2, -0.15) is 0 Å². The summed E-state index contributed by atoms with van der Waals surface area (Å²) >= 11 is 0. The Hall–Kier alpha value is -2.49. The second-order valence-electron chi connectivity index (χ2n) is 6.92. The van der Waals surface area contributed by atoms with Crippen LogP contribution < -0.4 is 14.8 Å². The number of amides is 1. The summed E-state index contributed by atoms with van der Waals surface area (Å²) < 4.78 is 11.6. The van der Waals surface area contributed by atoms with Gasteiger partial charge in [-0.1, -0.05) is 38.1 Å². The standard InChI is InChI=1S/C22H29NO3/c1-15(2)20-8-6-7-9-21(20)26-18(5)22(24)23-10-11-25-19-13-16(3)12-17(4)14-19/h6-9,12-15,18H,10-11H2,1-5H3,(H,23,24). The first kappa shape index (κ1) is 19.8. The molecule has 0 aliphatic rings. The van der Waals surface area contributed by atoms with Gasteiger partial charge in [0.05, 0.1) is 6.54 Å². The zero-order valence-corrected chi connectivity index (χ0v) is 16.3. The highest BCUT2D eigenvalue weighted by Gasteiger charge is 2.16. The molecule has 0 aliphatic carbocycles. The molecule has 4 heteroatoms. The van der Waals surface area contributed by atoms with E-state index in [0.29, 0.717) is 19.1 Å². The maximum Gasteiger partial charge on any atom is 0.260 e. The lowest BCUT2D eigenvalue weighted by Gasteiger charge is -2.18. The van der Waals surface area contributed by atoms with E-state index in [1.54, 1.807) is 6.92 Å². The van der Waals surface area contributed by atoms with Crippen molar-refractivity contribution in [3.63, 3.8) is 0 Å². The van der Waals surface area contributed by atoms with Gasteiger partial charge in [0.1, 0.15) is 18.1 Å². The van der Waals surface area contributed by atoms with Crippen LogP contribution in [0.3, 0.4) is 0 Å². The van der Waals surface area contributed by atoms with Crippen molar-refractivity contribution in [2.75, 3.05) is 13.2 Å². The second kappa shape index (κ2) is 9.27. The molecule has 1 N–H and O–H groups in total. The van der Waals surface area contributed by atoms with Gasteiger partial charge in [-0.3, -0.25) is 4.79 Å². The topological polar surface area (TPSA) is 47.6 Å². The summed E-state index contributed by atoms with van der Waals surface area (Å²) in [6.45, 7) is 10.9. The van der Waals surface area contributed by atoms with E-state index in [0.717, 1.165) is 28.2 Å². The Labute approximate surface area is 156 Å². The maximum absolute atomic E-state index is 12.3. The van der Waals surface area contributed by atoms with Crippen molar-refractivity contribution in [3.8, 4) is 11.5 Å². The van der Waals surface area contributed by atoms with Crippen molar-refractivity contribution < 1.29 is 14.3 Å². The molecule has 1 amide bonds. The fourth-order valence-corrected chi connectivity index (χ4v) is 2.81. The predicted molar refractivity (Wildman–Crippen MR) is 105 cm³/mol. The van der Waals surface area contributed by atoms with E-state index in [-0.39, 0.29) is 5.91 Å². The number of carbonyl (C=O) groups is 1. The molecule has 1 atom stereocenters. The molecule has 0 heterocycles. The number of ether oxygens (including phenoxy) is 2.